The number of amides is 1. The highest BCUT2D eigenvalue weighted by atomic mass is 16.2. The molecule has 0 spiro atoms. The topological polar surface area (TPSA) is 38.8 Å². The van der Waals surface area contributed by atoms with E-state index in [-0.39, 0.29) is 0 Å². The van der Waals surface area contributed by atoms with Crippen LogP contribution in [0.1, 0.15) is 12.8 Å². The van der Waals surface area contributed by atoms with Crippen LogP contribution in [0.15, 0.2) is 0 Å². The molecule has 0 atom stereocenters. The van der Waals surface area contributed by atoms with Gasteiger partial charge in [0.1, 0.15) is 0 Å². The van der Waals surface area contributed by atoms with Gasteiger partial charge in [-0.05, 0) is 34.1 Å². The van der Waals surface area contributed by atoms with Crippen molar-refractivity contribution in [3.63, 3.8) is 0 Å². The molecule has 0 saturated carbocycles. The highest BCUT2D eigenvalue weighted by Crippen LogP contribution is 2.04. The van der Waals surface area contributed by atoms with Crippen LogP contribution < -0.4 is 5.32 Å². The second kappa shape index (κ2) is 8.45. The van der Waals surface area contributed by atoms with Gasteiger partial charge in [-0.1, -0.05) is 0 Å². The number of piperazine rings is 1. The van der Waals surface area contributed by atoms with E-state index in [1.165, 1.54) is 0 Å². The van der Waals surface area contributed by atoms with Gasteiger partial charge in [0.05, 0.1) is 0 Å². The van der Waals surface area contributed by atoms with Crippen molar-refractivity contribution in [3.8, 4) is 0 Å². The van der Waals surface area contributed by atoms with E-state index < -0.39 is 0 Å². The Hall–Kier alpha value is -0.650. The Morgan fingerprint density at radius 2 is 1.89 bits per heavy atom. The van der Waals surface area contributed by atoms with E-state index in [1.54, 1.807) is 0 Å². The van der Waals surface area contributed by atoms with Gasteiger partial charge >= 0.3 is 0 Å². The Balaban J connectivity index is 2.16. The van der Waals surface area contributed by atoms with Crippen LogP contribution in [-0.4, -0.2) is 87.6 Å². The number of hydrogen-bond acceptors (Lipinski definition) is 4. The van der Waals surface area contributed by atoms with Gasteiger partial charge < -0.3 is 15.1 Å². The minimum Gasteiger partial charge on any atom is -0.340 e. The quantitative estimate of drug-likeness (QED) is 0.634. The third-order valence-corrected chi connectivity index (χ3v) is 3.41. The smallest absolute Gasteiger partial charge is 0.222 e. The van der Waals surface area contributed by atoms with Gasteiger partial charge in [0.25, 0.3) is 0 Å². The average Bonchev–Trinajstić information content (AvgIpc) is 2.37. The largest absolute Gasteiger partial charge is 0.340 e. The Bertz CT molecular complexity index is 237. The predicted octanol–water partition coefficient (Wildman–Crippen LogP) is -0.308. The maximum Gasteiger partial charge on any atom is 0.222 e. The van der Waals surface area contributed by atoms with Gasteiger partial charge in [0, 0.05) is 45.7 Å². The summed E-state index contributed by atoms with van der Waals surface area (Å²) in [6, 6.07) is 0. The fraction of sp³-hybridized carbons (Fsp3) is 0.923. The summed E-state index contributed by atoms with van der Waals surface area (Å²) in [6.45, 7) is 6.95. The van der Waals surface area contributed by atoms with Crippen LogP contribution in [0, 0.1) is 0 Å². The zero-order valence-corrected chi connectivity index (χ0v) is 12.1. The van der Waals surface area contributed by atoms with Crippen LogP contribution in [-0.2, 0) is 4.79 Å². The lowest BCUT2D eigenvalue weighted by Crippen LogP contribution is -2.50. The third kappa shape index (κ3) is 5.80. The molecule has 1 aliphatic heterocycles. The molecule has 1 N–H and O–H groups in total. The molecule has 1 rings (SSSR count). The van der Waals surface area contributed by atoms with E-state index in [9.17, 15) is 4.79 Å². The van der Waals surface area contributed by atoms with Gasteiger partial charge in [-0.3, -0.25) is 9.69 Å². The van der Waals surface area contributed by atoms with Gasteiger partial charge in [-0.25, -0.2) is 0 Å². The molecule has 0 unspecified atom stereocenters. The van der Waals surface area contributed by atoms with E-state index in [4.69, 9.17) is 0 Å². The Kier molecular flexibility index (Phi) is 7.23. The first-order chi connectivity index (χ1) is 8.63. The third-order valence-electron chi connectivity index (χ3n) is 3.41. The molecule has 106 valence electrons. The van der Waals surface area contributed by atoms with Crippen molar-refractivity contribution in [2.75, 3.05) is 67.0 Å². The van der Waals surface area contributed by atoms with Gasteiger partial charge in [-0.15, -0.1) is 0 Å². The molecule has 18 heavy (non-hydrogen) atoms. The lowest BCUT2D eigenvalue weighted by atomic mass is 10.2. The fourth-order valence-corrected chi connectivity index (χ4v) is 2.14. The van der Waals surface area contributed by atoms with E-state index in [1.807, 2.05) is 11.9 Å². The normalized spacial score (nSPS) is 17.4. The SMILES string of the molecule is CNCCCC(=O)N1CCN(CCN(C)C)CC1. The molecule has 0 bridgehead atoms. The summed E-state index contributed by atoms with van der Waals surface area (Å²) in [4.78, 5) is 18.6. The number of rotatable bonds is 7. The van der Waals surface area contributed by atoms with E-state index in [0.29, 0.717) is 12.3 Å². The van der Waals surface area contributed by atoms with E-state index >= 15 is 0 Å². The van der Waals surface area contributed by atoms with Crippen molar-refractivity contribution in [1.82, 2.24) is 20.0 Å². The molecule has 5 nitrogen and oxygen atoms in total. The van der Waals surface area contributed by atoms with Crippen LogP contribution in [0.4, 0.5) is 0 Å². The molecule has 0 aromatic heterocycles. The molecule has 1 fully saturated rings. The minimum absolute atomic E-state index is 0.317. The molecule has 1 amide bonds. The van der Waals surface area contributed by atoms with Crippen LogP contribution >= 0.6 is 0 Å². The van der Waals surface area contributed by atoms with E-state index in [2.05, 4.69) is 29.2 Å². The molecule has 0 aromatic carbocycles. The van der Waals surface area contributed by atoms with Crippen molar-refractivity contribution in [2.45, 2.75) is 12.8 Å². The minimum atomic E-state index is 0.317. The zero-order chi connectivity index (χ0) is 13.4. The summed E-state index contributed by atoms with van der Waals surface area (Å²) >= 11 is 0. The summed E-state index contributed by atoms with van der Waals surface area (Å²) < 4.78 is 0. The molecule has 0 aliphatic carbocycles. The summed E-state index contributed by atoms with van der Waals surface area (Å²) in [5.74, 6) is 0.317. The van der Waals surface area contributed by atoms with Crippen molar-refractivity contribution in [2.24, 2.45) is 0 Å². The van der Waals surface area contributed by atoms with Crippen molar-refractivity contribution >= 4 is 5.91 Å². The highest BCUT2D eigenvalue weighted by molar-refractivity contribution is 5.76. The van der Waals surface area contributed by atoms with Crippen LogP contribution in [0.2, 0.25) is 0 Å². The molecular weight excluding hydrogens is 228 g/mol. The van der Waals surface area contributed by atoms with Gasteiger partial charge in [0.2, 0.25) is 5.91 Å². The molecule has 1 heterocycles. The molecule has 1 aliphatic rings. The molecule has 5 heteroatoms. The lowest BCUT2D eigenvalue weighted by Gasteiger charge is -2.35. The zero-order valence-electron chi connectivity index (χ0n) is 12.1. The first-order valence-electron chi connectivity index (χ1n) is 6.93. The van der Waals surface area contributed by atoms with Crippen LogP contribution in [0.5, 0.6) is 0 Å². The number of carbonyl (C=O) groups is 1. The van der Waals surface area contributed by atoms with Crippen molar-refractivity contribution in [3.05, 3.63) is 0 Å². The number of carbonyl (C=O) groups excluding carboxylic acids is 1. The monoisotopic (exact) mass is 256 g/mol. The standard InChI is InChI=1S/C13H28N4O/c1-14-6-4-5-13(18)17-11-9-16(10-12-17)8-7-15(2)3/h14H,4-12H2,1-3H3. The summed E-state index contributed by atoms with van der Waals surface area (Å²) in [7, 11) is 6.12. The maximum atomic E-state index is 11.9. The number of nitrogens with zero attached hydrogens (tertiary/aromatic N) is 3. The van der Waals surface area contributed by atoms with Gasteiger partial charge in [0.15, 0.2) is 0 Å². The summed E-state index contributed by atoms with van der Waals surface area (Å²) in [5, 5.41) is 3.08. The second-order valence-electron chi connectivity index (χ2n) is 5.23. The van der Waals surface area contributed by atoms with Crippen LogP contribution in [0.3, 0.4) is 0 Å². The molecule has 0 aromatic rings. The number of likely N-dealkylation sites (N-methyl/N-ethyl adjacent to an activating group) is 1. The Labute approximate surface area is 111 Å². The first kappa shape index (κ1) is 15.4. The van der Waals surface area contributed by atoms with Crippen molar-refractivity contribution < 1.29 is 4.79 Å². The van der Waals surface area contributed by atoms with Crippen molar-refractivity contribution in [1.29, 1.82) is 0 Å². The van der Waals surface area contributed by atoms with Crippen LogP contribution in [0.25, 0.3) is 0 Å². The Morgan fingerprint density at radius 1 is 1.22 bits per heavy atom. The lowest BCUT2D eigenvalue weighted by molar-refractivity contribution is -0.133. The van der Waals surface area contributed by atoms with Gasteiger partial charge in [-0.2, -0.15) is 0 Å². The molecular formula is C13H28N4O. The summed E-state index contributed by atoms with van der Waals surface area (Å²) in [6.07, 6.45) is 1.62. The predicted molar refractivity (Wildman–Crippen MR) is 74.7 cm³/mol. The average molecular weight is 256 g/mol. The number of hydrogen-bond donors (Lipinski definition) is 1. The highest BCUT2D eigenvalue weighted by Gasteiger charge is 2.20. The molecule has 0 radical (unpaired) electrons. The fourth-order valence-electron chi connectivity index (χ4n) is 2.14. The second-order valence-corrected chi connectivity index (χ2v) is 5.23. The maximum absolute atomic E-state index is 11.9. The first-order valence-corrected chi connectivity index (χ1v) is 6.93. The number of nitrogens with one attached hydrogen (secondary N) is 1. The molecule has 1 saturated heterocycles. The van der Waals surface area contributed by atoms with E-state index in [0.717, 1.165) is 52.2 Å². The Morgan fingerprint density at radius 3 is 2.44 bits per heavy atom. The summed E-state index contributed by atoms with van der Waals surface area (Å²) in [5.41, 5.74) is 0.